The predicted octanol–water partition coefficient (Wildman–Crippen LogP) is 3.37. The highest BCUT2D eigenvalue weighted by molar-refractivity contribution is 5.57. The van der Waals surface area contributed by atoms with Crippen molar-refractivity contribution in [2.24, 2.45) is 0 Å². The highest BCUT2D eigenvalue weighted by atomic mass is 19.1. The molecule has 0 aliphatic carbocycles. The van der Waals surface area contributed by atoms with Gasteiger partial charge in [-0.25, -0.2) is 4.39 Å². The van der Waals surface area contributed by atoms with Crippen LogP contribution in [0.25, 0.3) is 0 Å². The van der Waals surface area contributed by atoms with Crippen molar-refractivity contribution in [2.75, 3.05) is 26.6 Å². The molecule has 0 spiro atoms. The van der Waals surface area contributed by atoms with Crippen LogP contribution in [0, 0.1) is 15.9 Å². The fourth-order valence-corrected chi connectivity index (χ4v) is 2.25. The van der Waals surface area contributed by atoms with Crippen LogP contribution in [-0.4, -0.2) is 26.3 Å². The Balaban J connectivity index is 2.25. The summed E-state index contributed by atoms with van der Waals surface area (Å²) < 4.78 is 29.8. The monoisotopic (exact) mass is 336 g/mol. The normalized spacial score (nSPS) is 10.2. The van der Waals surface area contributed by atoms with Crippen molar-refractivity contribution < 1.29 is 23.5 Å². The molecule has 0 saturated carbocycles. The topological polar surface area (TPSA) is 82.9 Å². The number of hydrogen-bond donors (Lipinski definition) is 1. The van der Waals surface area contributed by atoms with Gasteiger partial charge < -0.3 is 19.5 Å². The molecule has 0 radical (unpaired) electrons. The first-order valence-electron chi connectivity index (χ1n) is 6.97. The van der Waals surface area contributed by atoms with E-state index in [1.54, 1.807) is 12.1 Å². The fraction of sp³-hybridized carbons (Fsp3) is 0.250. The Morgan fingerprint density at radius 3 is 2.33 bits per heavy atom. The van der Waals surface area contributed by atoms with Crippen molar-refractivity contribution in [3.63, 3.8) is 0 Å². The number of halogens is 1. The van der Waals surface area contributed by atoms with E-state index in [4.69, 9.17) is 14.2 Å². The molecular formula is C16H17FN2O5. The molecule has 0 aliphatic rings. The van der Waals surface area contributed by atoms with Gasteiger partial charge in [0, 0.05) is 18.2 Å². The van der Waals surface area contributed by atoms with E-state index >= 15 is 0 Å². The molecule has 0 aliphatic heterocycles. The molecule has 0 atom stereocenters. The van der Waals surface area contributed by atoms with E-state index < -0.39 is 10.7 Å². The lowest BCUT2D eigenvalue weighted by molar-refractivity contribution is -0.385. The van der Waals surface area contributed by atoms with Gasteiger partial charge in [-0.1, -0.05) is 0 Å². The Morgan fingerprint density at radius 1 is 1.08 bits per heavy atom. The molecule has 0 aromatic heterocycles. The second kappa shape index (κ2) is 7.49. The average Bonchev–Trinajstić information content (AvgIpc) is 2.59. The number of ether oxygens (including phenoxy) is 3. The molecule has 8 heteroatoms. The Bertz CT molecular complexity index is 751. The van der Waals surface area contributed by atoms with Crippen LogP contribution in [0.15, 0.2) is 30.3 Å². The summed E-state index contributed by atoms with van der Waals surface area (Å²) in [7, 11) is 4.50. The van der Waals surface area contributed by atoms with E-state index in [2.05, 4.69) is 5.32 Å². The maximum atomic E-state index is 13.9. The lowest BCUT2D eigenvalue weighted by atomic mass is 10.1. The number of anilines is 1. The van der Waals surface area contributed by atoms with Crippen LogP contribution in [0.1, 0.15) is 5.56 Å². The third kappa shape index (κ3) is 3.48. The summed E-state index contributed by atoms with van der Waals surface area (Å²) >= 11 is 0. The van der Waals surface area contributed by atoms with E-state index in [-0.39, 0.29) is 17.9 Å². The molecule has 0 unspecified atom stereocenters. The lowest BCUT2D eigenvalue weighted by Gasteiger charge is -2.16. The Kier molecular flexibility index (Phi) is 5.41. The largest absolute Gasteiger partial charge is 0.493 e. The summed E-state index contributed by atoms with van der Waals surface area (Å²) in [5, 5.41) is 13.5. The van der Waals surface area contributed by atoms with Crippen LogP contribution in [-0.2, 0) is 6.54 Å². The number of rotatable bonds is 7. The van der Waals surface area contributed by atoms with Gasteiger partial charge in [0.05, 0.1) is 38.0 Å². The highest BCUT2D eigenvalue weighted by Crippen LogP contribution is 2.40. The number of non-ortho nitro benzene ring substituents is 1. The Hall–Kier alpha value is -3.03. The number of nitrogens with zero attached hydrogens (tertiary/aromatic N) is 1. The van der Waals surface area contributed by atoms with E-state index in [0.717, 1.165) is 6.07 Å². The van der Waals surface area contributed by atoms with Crippen LogP contribution < -0.4 is 19.5 Å². The Labute approximate surface area is 138 Å². The summed E-state index contributed by atoms with van der Waals surface area (Å²) in [5.41, 5.74) is 0.562. The SMILES string of the molecule is COc1ccc(CNc2ccc([N+](=O)[O-])cc2F)c(OC)c1OC. The number of methoxy groups -OCH3 is 3. The first-order valence-corrected chi connectivity index (χ1v) is 6.97. The van der Waals surface area contributed by atoms with E-state index in [1.807, 2.05) is 0 Å². The van der Waals surface area contributed by atoms with Crippen molar-refractivity contribution in [1.82, 2.24) is 0 Å². The Morgan fingerprint density at radius 2 is 1.79 bits per heavy atom. The zero-order valence-corrected chi connectivity index (χ0v) is 13.5. The van der Waals surface area contributed by atoms with Crippen molar-refractivity contribution in [1.29, 1.82) is 0 Å². The number of benzene rings is 2. The summed E-state index contributed by atoms with van der Waals surface area (Å²) in [5.74, 6) is 0.707. The number of nitro groups is 1. The molecular weight excluding hydrogens is 319 g/mol. The van der Waals surface area contributed by atoms with Crippen LogP contribution >= 0.6 is 0 Å². The molecule has 0 heterocycles. The summed E-state index contributed by atoms with van der Waals surface area (Å²) in [4.78, 5) is 9.99. The molecule has 1 N–H and O–H groups in total. The third-order valence-electron chi connectivity index (χ3n) is 3.42. The number of nitrogens with one attached hydrogen (secondary N) is 1. The van der Waals surface area contributed by atoms with E-state index in [1.165, 1.54) is 33.5 Å². The second-order valence-corrected chi connectivity index (χ2v) is 4.77. The van der Waals surface area contributed by atoms with Gasteiger partial charge in [0.25, 0.3) is 5.69 Å². The van der Waals surface area contributed by atoms with Crippen LogP contribution in [0.3, 0.4) is 0 Å². The number of nitro benzene ring substituents is 1. The second-order valence-electron chi connectivity index (χ2n) is 4.77. The standard InChI is InChI=1S/C16H17FN2O5/c1-22-14-7-4-10(15(23-2)16(14)24-3)9-18-13-6-5-11(19(20)21)8-12(13)17/h4-8,18H,9H2,1-3H3. The highest BCUT2D eigenvalue weighted by Gasteiger charge is 2.16. The minimum atomic E-state index is -0.705. The first-order chi connectivity index (χ1) is 11.5. The minimum Gasteiger partial charge on any atom is -0.493 e. The third-order valence-corrected chi connectivity index (χ3v) is 3.42. The van der Waals surface area contributed by atoms with Crippen molar-refractivity contribution in [3.8, 4) is 17.2 Å². The van der Waals surface area contributed by atoms with Gasteiger partial charge in [-0.2, -0.15) is 0 Å². The van der Waals surface area contributed by atoms with Gasteiger partial charge in [0.15, 0.2) is 17.3 Å². The molecule has 2 rings (SSSR count). The van der Waals surface area contributed by atoms with Crippen molar-refractivity contribution >= 4 is 11.4 Å². The summed E-state index contributed by atoms with van der Waals surface area (Å²) in [6.07, 6.45) is 0. The average molecular weight is 336 g/mol. The molecule has 0 amide bonds. The van der Waals surface area contributed by atoms with Crippen molar-refractivity contribution in [3.05, 3.63) is 51.8 Å². The molecule has 7 nitrogen and oxygen atoms in total. The number of hydrogen-bond acceptors (Lipinski definition) is 6. The fourth-order valence-electron chi connectivity index (χ4n) is 2.25. The molecule has 128 valence electrons. The van der Waals surface area contributed by atoms with E-state index in [9.17, 15) is 14.5 Å². The van der Waals surface area contributed by atoms with Gasteiger partial charge in [-0.3, -0.25) is 10.1 Å². The maximum Gasteiger partial charge on any atom is 0.272 e. The first kappa shape index (κ1) is 17.3. The minimum absolute atomic E-state index is 0.150. The zero-order valence-electron chi connectivity index (χ0n) is 13.5. The molecule has 0 bridgehead atoms. The predicted molar refractivity (Wildman–Crippen MR) is 86.5 cm³/mol. The van der Waals surface area contributed by atoms with Gasteiger partial charge in [-0.05, 0) is 18.2 Å². The van der Waals surface area contributed by atoms with Crippen LogP contribution in [0.2, 0.25) is 0 Å². The molecule has 2 aromatic carbocycles. The van der Waals surface area contributed by atoms with Crippen LogP contribution in [0.5, 0.6) is 17.2 Å². The smallest absolute Gasteiger partial charge is 0.272 e. The summed E-state index contributed by atoms with van der Waals surface area (Å²) in [6.45, 7) is 0.234. The van der Waals surface area contributed by atoms with Gasteiger partial charge in [0.2, 0.25) is 5.75 Å². The van der Waals surface area contributed by atoms with Crippen molar-refractivity contribution in [2.45, 2.75) is 6.54 Å². The molecule has 0 saturated heterocycles. The molecule has 2 aromatic rings. The van der Waals surface area contributed by atoms with Gasteiger partial charge >= 0.3 is 0 Å². The molecule has 0 fully saturated rings. The maximum absolute atomic E-state index is 13.9. The molecule has 24 heavy (non-hydrogen) atoms. The van der Waals surface area contributed by atoms with Crippen LogP contribution in [0.4, 0.5) is 15.8 Å². The summed E-state index contributed by atoms with van der Waals surface area (Å²) in [6, 6.07) is 6.90. The van der Waals surface area contributed by atoms with Gasteiger partial charge in [-0.15, -0.1) is 0 Å². The lowest BCUT2D eigenvalue weighted by Crippen LogP contribution is -2.05. The quantitative estimate of drug-likeness (QED) is 0.616. The van der Waals surface area contributed by atoms with Gasteiger partial charge in [0.1, 0.15) is 0 Å². The zero-order chi connectivity index (χ0) is 17.7. The van der Waals surface area contributed by atoms with E-state index in [0.29, 0.717) is 22.8 Å².